The SMILES string of the molecule is Cn1cc(-c2ncccc2NC(=O)Nc2cnn(C3CCC3)c2)cn1. The molecule has 8 nitrogen and oxygen atoms in total. The summed E-state index contributed by atoms with van der Waals surface area (Å²) in [4.78, 5) is 16.7. The van der Waals surface area contributed by atoms with Crippen molar-refractivity contribution in [3.05, 3.63) is 43.1 Å². The maximum absolute atomic E-state index is 12.3. The summed E-state index contributed by atoms with van der Waals surface area (Å²) >= 11 is 0. The average molecular weight is 337 g/mol. The van der Waals surface area contributed by atoms with Gasteiger partial charge >= 0.3 is 6.03 Å². The van der Waals surface area contributed by atoms with Gasteiger partial charge in [-0.3, -0.25) is 14.3 Å². The lowest BCUT2D eigenvalue weighted by atomic mass is 9.93. The van der Waals surface area contributed by atoms with Crippen LogP contribution in [0.3, 0.4) is 0 Å². The number of nitrogens with zero attached hydrogens (tertiary/aromatic N) is 5. The third-order valence-electron chi connectivity index (χ3n) is 4.34. The molecule has 128 valence electrons. The highest BCUT2D eigenvalue weighted by Crippen LogP contribution is 2.31. The number of hydrogen-bond acceptors (Lipinski definition) is 4. The van der Waals surface area contributed by atoms with Crippen LogP contribution in [0.4, 0.5) is 16.2 Å². The Balaban J connectivity index is 1.46. The van der Waals surface area contributed by atoms with Crippen LogP contribution in [0.25, 0.3) is 11.3 Å². The molecule has 0 radical (unpaired) electrons. The van der Waals surface area contributed by atoms with Crippen LogP contribution in [0.2, 0.25) is 0 Å². The van der Waals surface area contributed by atoms with E-state index in [-0.39, 0.29) is 6.03 Å². The van der Waals surface area contributed by atoms with Gasteiger partial charge in [-0.05, 0) is 31.4 Å². The Morgan fingerprint density at radius 3 is 2.80 bits per heavy atom. The highest BCUT2D eigenvalue weighted by molar-refractivity contribution is 6.01. The number of anilines is 2. The predicted molar refractivity (Wildman–Crippen MR) is 94.2 cm³/mol. The van der Waals surface area contributed by atoms with Crippen LogP contribution in [-0.2, 0) is 7.05 Å². The summed E-state index contributed by atoms with van der Waals surface area (Å²) in [7, 11) is 1.84. The molecule has 0 aliphatic heterocycles. The number of rotatable bonds is 4. The Labute approximate surface area is 144 Å². The standard InChI is InChI=1S/C17H19N7O/c1-23-10-12(8-19-23)16-15(6-3-7-18-16)22-17(25)21-13-9-20-24(11-13)14-4-2-5-14/h3,6-11,14H,2,4-5H2,1H3,(H2,21,22,25). The zero-order valence-corrected chi connectivity index (χ0v) is 13.9. The molecule has 2 amide bonds. The Bertz CT molecular complexity index is 894. The van der Waals surface area contributed by atoms with Gasteiger partial charge in [-0.25, -0.2) is 4.79 Å². The molecule has 1 fully saturated rings. The van der Waals surface area contributed by atoms with Gasteiger partial charge in [0.2, 0.25) is 0 Å². The van der Waals surface area contributed by atoms with E-state index in [0.29, 0.717) is 23.1 Å². The van der Waals surface area contributed by atoms with E-state index >= 15 is 0 Å². The van der Waals surface area contributed by atoms with Gasteiger partial charge < -0.3 is 10.6 Å². The first-order valence-electron chi connectivity index (χ1n) is 8.25. The van der Waals surface area contributed by atoms with Crippen molar-refractivity contribution in [1.29, 1.82) is 0 Å². The fourth-order valence-corrected chi connectivity index (χ4v) is 2.82. The van der Waals surface area contributed by atoms with Gasteiger partial charge in [0.05, 0.1) is 35.5 Å². The number of urea groups is 1. The van der Waals surface area contributed by atoms with Crippen molar-refractivity contribution >= 4 is 17.4 Å². The van der Waals surface area contributed by atoms with E-state index in [1.807, 2.05) is 30.2 Å². The second kappa shape index (κ2) is 6.39. The van der Waals surface area contributed by atoms with Crippen LogP contribution in [0, 0.1) is 0 Å². The molecule has 2 N–H and O–H groups in total. The van der Waals surface area contributed by atoms with Crippen LogP contribution in [-0.4, -0.2) is 30.6 Å². The molecular formula is C17H19N7O. The van der Waals surface area contributed by atoms with Crippen molar-refractivity contribution in [2.24, 2.45) is 7.05 Å². The summed E-state index contributed by atoms with van der Waals surface area (Å²) in [5, 5.41) is 14.1. The van der Waals surface area contributed by atoms with Gasteiger partial charge in [0.1, 0.15) is 0 Å². The van der Waals surface area contributed by atoms with Crippen LogP contribution in [0.1, 0.15) is 25.3 Å². The molecule has 0 saturated heterocycles. The van der Waals surface area contributed by atoms with Crippen LogP contribution >= 0.6 is 0 Å². The summed E-state index contributed by atoms with van der Waals surface area (Å²) in [6, 6.07) is 3.73. The van der Waals surface area contributed by atoms with Crippen molar-refractivity contribution < 1.29 is 4.79 Å². The van der Waals surface area contributed by atoms with Gasteiger partial charge in [0, 0.05) is 31.2 Å². The molecule has 8 heteroatoms. The van der Waals surface area contributed by atoms with Gasteiger partial charge in [-0.2, -0.15) is 10.2 Å². The molecule has 1 aliphatic rings. The first-order chi connectivity index (χ1) is 12.2. The largest absolute Gasteiger partial charge is 0.323 e. The molecule has 0 atom stereocenters. The average Bonchev–Trinajstić information content (AvgIpc) is 3.16. The van der Waals surface area contributed by atoms with Crippen molar-refractivity contribution in [3.8, 4) is 11.3 Å². The normalized spacial score (nSPS) is 14.1. The van der Waals surface area contributed by atoms with Gasteiger partial charge in [-0.1, -0.05) is 0 Å². The van der Waals surface area contributed by atoms with E-state index in [9.17, 15) is 4.79 Å². The van der Waals surface area contributed by atoms with E-state index < -0.39 is 0 Å². The zero-order valence-electron chi connectivity index (χ0n) is 13.9. The minimum absolute atomic E-state index is 0.328. The van der Waals surface area contributed by atoms with Crippen molar-refractivity contribution in [3.63, 3.8) is 0 Å². The second-order valence-corrected chi connectivity index (χ2v) is 6.18. The maximum atomic E-state index is 12.3. The Kier molecular flexibility index (Phi) is 3.93. The van der Waals surface area contributed by atoms with Gasteiger partial charge in [-0.15, -0.1) is 0 Å². The molecule has 3 aromatic heterocycles. The Hall–Kier alpha value is -3.16. The summed E-state index contributed by atoms with van der Waals surface area (Å²) in [6.45, 7) is 0. The van der Waals surface area contributed by atoms with E-state index in [2.05, 4.69) is 25.8 Å². The van der Waals surface area contributed by atoms with E-state index in [1.54, 1.807) is 29.3 Å². The number of carbonyl (C=O) groups excluding carboxylic acids is 1. The number of carbonyl (C=O) groups is 1. The monoisotopic (exact) mass is 337 g/mol. The maximum Gasteiger partial charge on any atom is 0.323 e. The highest BCUT2D eigenvalue weighted by atomic mass is 16.2. The summed E-state index contributed by atoms with van der Waals surface area (Å²) in [5.74, 6) is 0. The lowest BCUT2D eigenvalue weighted by molar-refractivity contribution is 0.262. The first kappa shape index (κ1) is 15.4. The smallest absolute Gasteiger partial charge is 0.306 e. The molecule has 1 saturated carbocycles. The molecular weight excluding hydrogens is 318 g/mol. The first-order valence-corrected chi connectivity index (χ1v) is 8.25. The number of nitrogens with one attached hydrogen (secondary N) is 2. The summed E-state index contributed by atoms with van der Waals surface area (Å²) in [5.41, 5.74) is 2.82. The van der Waals surface area contributed by atoms with E-state index in [1.165, 1.54) is 6.42 Å². The molecule has 3 aromatic rings. The van der Waals surface area contributed by atoms with Crippen molar-refractivity contribution in [2.75, 3.05) is 10.6 Å². The van der Waals surface area contributed by atoms with Crippen molar-refractivity contribution in [2.45, 2.75) is 25.3 Å². The Morgan fingerprint density at radius 2 is 2.08 bits per heavy atom. The molecule has 0 bridgehead atoms. The molecule has 25 heavy (non-hydrogen) atoms. The predicted octanol–water partition coefficient (Wildman–Crippen LogP) is 3.05. The van der Waals surface area contributed by atoms with E-state index in [4.69, 9.17) is 0 Å². The number of aromatic nitrogens is 5. The van der Waals surface area contributed by atoms with Gasteiger partial charge in [0.25, 0.3) is 0 Å². The van der Waals surface area contributed by atoms with E-state index in [0.717, 1.165) is 18.4 Å². The third-order valence-corrected chi connectivity index (χ3v) is 4.34. The molecule has 1 aliphatic carbocycles. The molecule has 0 spiro atoms. The van der Waals surface area contributed by atoms with Crippen LogP contribution in [0.5, 0.6) is 0 Å². The number of pyridine rings is 1. The molecule has 0 aromatic carbocycles. The lowest BCUT2D eigenvalue weighted by Gasteiger charge is -2.25. The fraction of sp³-hybridized carbons (Fsp3) is 0.294. The van der Waals surface area contributed by atoms with Gasteiger partial charge in [0.15, 0.2) is 0 Å². The summed E-state index contributed by atoms with van der Waals surface area (Å²) < 4.78 is 3.62. The van der Waals surface area contributed by atoms with Crippen molar-refractivity contribution in [1.82, 2.24) is 24.5 Å². The quantitative estimate of drug-likeness (QED) is 0.766. The zero-order chi connectivity index (χ0) is 17.2. The second-order valence-electron chi connectivity index (χ2n) is 6.18. The fourth-order valence-electron chi connectivity index (χ4n) is 2.82. The Morgan fingerprint density at radius 1 is 1.20 bits per heavy atom. The number of hydrogen-bond donors (Lipinski definition) is 2. The molecule has 0 unspecified atom stereocenters. The number of amides is 2. The minimum Gasteiger partial charge on any atom is -0.306 e. The molecule has 4 rings (SSSR count). The van der Waals surface area contributed by atoms with Crippen LogP contribution in [0.15, 0.2) is 43.1 Å². The molecule has 3 heterocycles. The highest BCUT2D eigenvalue weighted by Gasteiger charge is 2.20. The summed E-state index contributed by atoms with van der Waals surface area (Å²) in [6.07, 6.45) is 12.3. The lowest BCUT2D eigenvalue weighted by Crippen LogP contribution is -2.20. The minimum atomic E-state index is -0.328. The third kappa shape index (κ3) is 3.23. The number of aryl methyl sites for hydroxylation is 1. The topological polar surface area (TPSA) is 89.7 Å². The van der Waals surface area contributed by atoms with Crippen LogP contribution < -0.4 is 10.6 Å².